The topological polar surface area (TPSA) is 49.9 Å². The number of amides is 1. The fraction of sp³-hybridized carbons (Fsp3) is 0.556. The molecule has 1 saturated heterocycles. The highest BCUT2D eigenvalue weighted by atomic mass is 79.9. The van der Waals surface area contributed by atoms with Crippen molar-refractivity contribution in [3.63, 3.8) is 0 Å². The first-order chi connectivity index (χ1) is 11.3. The van der Waals surface area contributed by atoms with E-state index in [4.69, 9.17) is 4.74 Å². The first-order valence-electron chi connectivity index (χ1n) is 8.22. The number of anilines is 1. The highest BCUT2D eigenvalue weighted by molar-refractivity contribution is 9.10. The van der Waals surface area contributed by atoms with Crippen LogP contribution in [-0.2, 0) is 14.9 Å². The Morgan fingerprint density at radius 1 is 1.42 bits per heavy atom. The number of rotatable bonds is 3. The number of fused-ring (bicyclic) bond motifs is 1. The Kier molecular flexibility index (Phi) is 4.47. The number of hydrogen-bond donors (Lipinski definition) is 0. The molecule has 6 heteroatoms. The Balaban J connectivity index is 2.04. The number of carbonyl (C=O) groups is 2. The summed E-state index contributed by atoms with van der Waals surface area (Å²) >= 11 is 3.44. The van der Waals surface area contributed by atoms with Crippen LogP contribution in [0.25, 0.3) is 0 Å². The number of halogens is 1. The summed E-state index contributed by atoms with van der Waals surface area (Å²) < 4.78 is 5.52. The van der Waals surface area contributed by atoms with Gasteiger partial charge in [0.1, 0.15) is 0 Å². The van der Waals surface area contributed by atoms with Crippen LogP contribution in [0.5, 0.6) is 0 Å². The number of benzene rings is 1. The standard InChI is InChI=1S/C18H23BrN2O3/c1-18(2)13-9-14(19)12(16(22)24-4)8-15(13)21(17(18)23)10-11-6-5-7-20(11)3/h8-9,11H,5-7,10H2,1-4H3. The third kappa shape index (κ3) is 2.65. The van der Waals surface area contributed by atoms with Gasteiger partial charge in [-0.3, -0.25) is 4.79 Å². The van der Waals surface area contributed by atoms with E-state index in [1.54, 1.807) is 6.07 Å². The summed E-state index contributed by atoms with van der Waals surface area (Å²) in [5.74, 6) is -0.313. The highest BCUT2D eigenvalue weighted by Gasteiger charge is 2.45. The fourth-order valence-corrected chi connectivity index (χ4v) is 4.22. The van der Waals surface area contributed by atoms with Gasteiger partial charge in [0.2, 0.25) is 5.91 Å². The van der Waals surface area contributed by atoms with Crippen LogP contribution in [0.4, 0.5) is 5.69 Å². The van der Waals surface area contributed by atoms with Crippen LogP contribution in [0.2, 0.25) is 0 Å². The van der Waals surface area contributed by atoms with E-state index in [0.717, 1.165) is 30.6 Å². The number of carbonyl (C=O) groups excluding carboxylic acids is 2. The van der Waals surface area contributed by atoms with Gasteiger partial charge < -0.3 is 14.5 Å². The molecule has 130 valence electrons. The molecule has 0 bridgehead atoms. The van der Waals surface area contributed by atoms with Gasteiger partial charge in [-0.05, 0) is 73.9 Å². The third-order valence-electron chi connectivity index (χ3n) is 5.30. The van der Waals surface area contributed by atoms with Crippen molar-refractivity contribution in [2.75, 3.05) is 32.1 Å². The molecule has 0 saturated carbocycles. The Hall–Kier alpha value is -1.40. The van der Waals surface area contributed by atoms with Crippen LogP contribution in [0.3, 0.4) is 0 Å². The lowest BCUT2D eigenvalue weighted by atomic mass is 9.86. The van der Waals surface area contributed by atoms with Gasteiger partial charge in [0.15, 0.2) is 0 Å². The molecule has 0 N–H and O–H groups in total. The summed E-state index contributed by atoms with van der Waals surface area (Å²) in [6.45, 7) is 5.61. The van der Waals surface area contributed by atoms with Crippen LogP contribution in [0, 0.1) is 0 Å². The number of esters is 1. The van der Waals surface area contributed by atoms with Crippen LogP contribution in [-0.4, -0.2) is 50.1 Å². The van der Waals surface area contributed by atoms with Gasteiger partial charge in [-0.15, -0.1) is 0 Å². The van der Waals surface area contributed by atoms with E-state index in [1.807, 2.05) is 24.8 Å². The highest BCUT2D eigenvalue weighted by Crippen LogP contribution is 2.44. The van der Waals surface area contributed by atoms with Crippen molar-refractivity contribution in [2.45, 2.75) is 38.1 Å². The Bertz CT molecular complexity index is 702. The summed E-state index contributed by atoms with van der Waals surface area (Å²) in [5, 5.41) is 0. The van der Waals surface area contributed by atoms with Gasteiger partial charge in [-0.2, -0.15) is 0 Å². The molecular weight excluding hydrogens is 372 g/mol. The molecule has 0 spiro atoms. The molecule has 24 heavy (non-hydrogen) atoms. The van der Waals surface area contributed by atoms with Crippen molar-refractivity contribution in [3.8, 4) is 0 Å². The van der Waals surface area contributed by atoms with E-state index in [2.05, 4.69) is 27.9 Å². The normalized spacial score (nSPS) is 22.8. The molecule has 2 aliphatic heterocycles. The molecule has 2 aliphatic rings. The zero-order valence-electron chi connectivity index (χ0n) is 14.6. The average Bonchev–Trinajstić information content (AvgIpc) is 3.02. The zero-order chi connectivity index (χ0) is 17.6. The van der Waals surface area contributed by atoms with Crippen LogP contribution in [0.15, 0.2) is 16.6 Å². The van der Waals surface area contributed by atoms with Crippen LogP contribution >= 0.6 is 15.9 Å². The molecule has 1 atom stereocenters. The predicted molar refractivity (Wildman–Crippen MR) is 96.5 cm³/mol. The number of likely N-dealkylation sites (tertiary alicyclic amines) is 1. The second-order valence-electron chi connectivity index (χ2n) is 7.16. The van der Waals surface area contributed by atoms with Crippen molar-refractivity contribution >= 4 is 33.5 Å². The Morgan fingerprint density at radius 2 is 2.12 bits per heavy atom. The molecule has 1 unspecified atom stereocenters. The largest absolute Gasteiger partial charge is 0.465 e. The fourth-order valence-electron chi connectivity index (χ4n) is 3.72. The molecular formula is C18H23BrN2O3. The minimum absolute atomic E-state index is 0.0896. The summed E-state index contributed by atoms with van der Waals surface area (Å²) in [5.41, 5.74) is 1.64. The maximum Gasteiger partial charge on any atom is 0.339 e. The lowest BCUT2D eigenvalue weighted by Crippen LogP contribution is -2.43. The van der Waals surface area contributed by atoms with E-state index >= 15 is 0 Å². The Morgan fingerprint density at radius 3 is 2.71 bits per heavy atom. The lowest BCUT2D eigenvalue weighted by molar-refractivity contribution is -0.122. The summed E-state index contributed by atoms with van der Waals surface area (Å²) in [4.78, 5) is 29.2. The van der Waals surface area contributed by atoms with Crippen molar-refractivity contribution < 1.29 is 14.3 Å². The van der Waals surface area contributed by atoms with Crippen molar-refractivity contribution in [3.05, 3.63) is 27.7 Å². The molecule has 5 nitrogen and oxygen atoms in total. The molecule has 0 aliphatic carbocycles. The number of likely N-dealkylation sites (N-methyl/N-ethyl adjacent to an activating group) is 1. The van der Waals surface area contributed by atoms with Crippen molar-refractivity contribution in [1.82, 2.24) is 4.90 Å². The van der Waals surface area contributed by atoms with E-state index < -0.39 is 11.4 Å². The maximum absolute atomic E-state index is 13.0. The van der Waals surface area contributed by atoms with E-state index in [1.165, 1.54) is 7.11 Å². The van der Waals surface area contributed by atoms with E-state index in [-0.39, 0.29) is 5.91 Å². The van der Waals surface area contributed by atoms with Gasteiger partial charge in [0.05, 0.1) is 18.1 Å². The maximum atomic E-state index is 13.0. The lowest BCUT2D eigenvalue weighted by Gasteiger charge is -2.27. The number of ether oxygens (including phenoxy) is 1. The summed E-state index contributed by atoms with van der Waals surface area (Å²) in [7, 11) is 3.47. The van der Waals surface area contributed by atoms with Crippen LogP contribution < -0.4 is 4.90 Å². The van der Waals surface area contributed by atoms with Crippen molar-refractivity contribution in [2.24, 2.45) is 0 Å². The first-order valence-corrected chi connectivity index (χ1v) is 9.01. The van der Waals surface area contributed by atoms with Crippen molar-refractivity contribution in [1.29, 1.82) is 0 Å². The first kappa shape index (κ1) is 17.4. The van der Waals surface area contributed by atoms with Gasteiger partial charge in [0, 0.05) is 22.7 Å². The van der Waals surface area contributed by atoms with Gasteiger partial charge in [0.25, 0.3) is 0 Å². The molecule has 1 aromatic rings. The molecule has 1 aromatic carbocycles. The smallest absolute Gasteiger partial charge is 0.339 e. The molecule has 0 aromatic heterocycles. The summed E-state index contributed by atoms with van der Waals surface area (Å²) in [6, 6.07) is 4.03. The number of nitrogens with zero attached hydrogens (tertiary/aromatic N) is 2. The van der Waals surface area contributed by atoms with Gasteiger partial charge >= 0.3 is 5.97 Å². The number of methoxy groups -OCH3 is 1. The van der Waals surface area contributed by atoms with Crippen LogP contribution in [0.1, 0.15) is 42.6 Å². The average molecular weight is 395 g/mol. The molecule has 3 rings (SSSR count). The van der Waals surface area contributed by atoms with Gasteiger partial charge in [-0.25, -0.2) is 4.79 Å². The second-order valence-corrected chi connectivity index (χ2v) is 8.01. The molecule has 0 radical (unpaired) electrons. The predicted octanol–water partition coefficient (Wildman–Crippen LogP) is 2.95. The minimum atomic E-state index is -0.594. The number of hydrogen-bond acceptors (Lipinski definition) is 4. The monoisotopic (exact) mass is 394 g/mol. The third-order valence-corrected chi connectivity index (χ3v) is 5.96. The second kappa shape index (κ2) is 6.15. The molecule has 1 fully saturated rings. The molecule has 2 heterocycles. The quantitative estimate of drug-likeness (QED) is 0.739. The van der Waals surface area contributed by atoms with Gasteiger partial charge in [-0.1, -0.05) is 0 Å². The zero-order valence-corrected chi connectivity index (χ0v) is 16.1. The summed E-state index contributed by atoms with van der Waals surface area (Å²) in [6.07, 6.45) is 2.25. The molecule has 1 amide bonds. The minimum Gasteiger partial charge on any atom is -0.465 e. The SMILES string of the molecule is COC(=O)c1cc2c(cc1Br)C(C)(C)C(=O)N2CC1CCCN1C. The van der Waals surface area contributed by atoms with E-state index in [9.17, 15) is 9.59 Å². The Labute approximate surface area is 151 Å². The van der Waals surface area contributed by atoms with E-state index in [0.29, 0.717) is 22.6 Å².